The van der Waals surface area contributed by atoms with Gasteiger partial charge in [0.25, 0.3) is 0 Å². The summed E-state index contributed by atoms with van der Waals surface area (Å²) in [4.78, 5) is 4.48. The lowest BCUT2D eigenvalue weighted by Gasteiger charge is -2.12. The van der Waals surface area contributed by atoms with Gasteiger partial charge >= 0.3 is 0 Å². The van der Waals surface area contributed by atoms with Gasteiger partial charge in [0.15, 0.2) is 0 Å². The quantitative estimate of drug-likeness (QED) is 0.234. The molecule has 0 bridgehead atoms. The summed E-state index contributed by atoms with van der Waals surface area (Å²) in [7, 11) is 0. The van der Waals surface area contributed by atoms with E-state index in [0.717, 1.165) is 5.69 Å². The molecule has 0 aliphatic heterocycles. The maximum Gasteiger partial charge on any atom is 0.0572 e. The monoisotopic (exact) mass is 494 g/mol. The van der Waals surface area contributed by atoms with Crippen LogP contribution in [0.15, 0.2) is 134 Å². The van der Waals surface area contributed by atoms with Gasteiger partial charge in [0, 0.05) is 28.9 Å². The van der Waals surface area contributed by atoms with Crippen molar-refractivity contribution in [2.45, 2.75) is 0 Å². The van der Waals surface area contributed by atoms with Crippen LogP contribution >= 0.6 is 0 Å². The van der Waals surface area contributed by atoms with E-state index in [-0.39, 0.29) is 0 Å². The molecule has 0 spiro atoms. The van der Waals surface area contributed by atoms with Gasteiger partial charge in [0.05, 0.1) is 11.0 Å². The Kier molecular flexibility index (Phi) is 4.08. The smallest absolute Gasteiger partial charge is 0.0572 e. The van der Waals surface area contributed by atoms with Crippen molar-refractivity contribution >= 4 is 43.4 Å². The summed E-state index contributed by atoms with van der Waals surface area (Å²) >= 11 is 0. The van der Waals surface area contributed by atoms with Crippen LogP contribution in [0.25, 0.3) is 82.4 Å². The standard InChI is InChI=1S/C37H22N2/c1-2-7-27-23(6-1)14-19-35-37(27)33-22-38-21-20-34(33)39(35)25-15-12-24(13-16-25)26-17-18-32-29-9-4-3-8-28(29)31-11-5-10-30(26)36(31)32/h1-22H. The van der Waals surface area contributed by atoms with Gasteiger partial charge in [-0.25, -0.2) is 0 Å². The molecule has 0 N–H and O–H groups in total. The van der Waals surface area contributed by atoms with E-state index in [2.05, 4.69) is 131 Å². The summed E-state index contributed by atoms with van der Waals surface area (Å²) in [6.07, 6.45) is 3.89. The molecular formula is C37H22N2. The molecule has 0 unspecified atom stereocenters. The number of rotatable bonds is 2. The molecule has 2 aromatic heterocycles. The van der Waals surface area contributed by atoms with Crippen LogP contribution < -0.4 is 0 Å². The molecule has 2 heterocycles. The SMILES string of the molecule is c1ccc2c(c1)-c1cccc3c(-c4ccc(-n5c6ccncc6c6c7ccccc7ccc65)cc4)ccc-2c13. The van der Waals surface area contributed by atoms with Crippen molar-refractivity contribution in [1.29, 1.82) is 0 Å². The minimum absolute atomic E-state index is 1.15. The van der Waals surface area contributed by atoms with Gasteiger partial charge in [-0.15, -0.1) is 0 Å². The molecule has 0 saturated heterocycles. The van der Waals surface area contributed by atoms with E-state index < -0.39 is 0 Å². The van der Waals surface area contributed by atoms with Crippen molar-refractivity contribution in [1.82, 2.24) is 9.55 Å². The van der Waals surface area contributed by atoms with Gasteiger partial charge < -0.3 is 4.57 Å². The fourth-order valence-electron chi connectivity index (χ4n) is 6.76. The summed E-state index contributed by atoms with van der Waals surface area (Å²) in [5.41, 5.74) is 11.4. The maximum atomic E-state index is 4.48. The highest BCUT2D eigenvalue weighted by molar-refractivity contribution is 6.21. The van der Waals surface area contributed by atoms with Crippen LogP contribution in [-0.4, -0.2) is 9.55 Å². The van der Waals surface area contributed by atoms with E-state index >= 15 is 0 Å². The molecule has 6 aromatic carbocycles. The average molecular weight is 495 g/mol. The van der Waals surface area contributed by atoms with Crippen LogP contribution in [0.4, 0.5) is 0 Å². The highest BCUT2D eigenvalue weighted by Gasteiger charge is 2.22. The van der Waals surface area contributed by atoms with Crippen molar-refractivity contribution in [3.05, 3.63) is 134 Å². The van der Waals surface area contributed by atoms with Gasteiger partial charge in [-0.2, -0.15) is 0 Å². The zero-order valence-corrected chi connectivity index (χ0v) is 21.1. The summed E-state index contributed by atoms with van der Waals surface area (Å²) in [6, 6.07) is 44.3. The minimum atomic E-state index is 1.15. The second kappa shape index (κ2) is 7.66. The fourth-order valence-corrected chi connectivity index (χ4v) is 6.76. The lowest BCUT2D eigenvalue weighted by Crippen LogP contribution is -1.94. The van der Waals surface area contributed by atoms with Gasteiger partial charge in [-0.3, -0.25) is 4.98 Å². The fraction of sp³-hybridized carbons (Fsp3) is 0. The van der Waals surface area contributed by atoms with Gasteiger partial charge in [-0.05, 0) is 79.2 Å². The predicted molar refractivity (Wildman–Crippen MR) is 163 cm³/mol. The molecule has 8 aromatic rings. The molecule has 39 heavy (non-hydrogen) atoms. The Balaban J connectivity index is 1.24. The van der Waals surface area contributed by atoms with E-state index in [9.17, 15) is 0 Å². The van der Waals surface area contributed by atoms with Crippen LogP contribution in [-0.2, 0) is 0 Å². The maximum absolute atomic E-state index is 4.48. The molecule has 0 atom stereocenters. The van der Waals surface area contributed by atoms with Crippen molar-refractivity contribution in [2.75, 3.05) is 0 Å². The molecule has 2 nitrogen and oxygen atoms in total. The van der Waals surface area contributed by atoms with Crippen LogP contribution in [0.2, 0.25) is 0 Å². The Morgan fingerprint density at radius 3 is 2.03 bits per heavy atom. The first kappa shape index (κ1) is 20.8. The van der Waals surface area contributed by atoms with Crippen molar-refractivity contribution < 1.29 is 0 Å². The van der Waals surface area contributed by atoms with E-state index in [1.54, 1.807) is 0 Å². The van der Waals surface area contributed by atoms with Crippen LogP contribution in [0.1, 0.15) is 0 Å². The third-order valence-corrected chi connectivity index (χ3v) is 8.44. The lowest BCUT2D eigenvalue weighted by atomic mass is 9.94. The second-order valence-corrected chi connectivity index (χ2v) is 10.4. The summed E-state index contributed by atoms with van der Waals surface area (Å²) < 4.78 is 2.37. The van der Waals surface area contributed by atoms with Gasteiger partial charge in [-0.1, -0.05) is 97.1 Å². The highest BCUT2D eigenvalue weighted by Crippen LogP contribution is 2.49. The van der Waals surface area contributed by atoms with Crippen LogP contribution in [0, 0.1) is 0 Å². The van der Waals surface area contributed by atoms with Crippen LogP contribution in [0.5, 0.6) is 0 Å². The molecule has 0 radical (unpaired) electrons. The third-order valence-electron chi connectivity index (χ3n) is 8.44. The summed E-state index contributed by atoms with van der Waals surface area (Å²) in [5.74, 6) is 0. The lowest BCUT2D eigenvalue weighted by molar-refractivity contribution is 1.18. The van der Waals surface area contributed by atoms with Gasteiger partial charge in [0.1, 0.15) is 0 Å². The third kappa shape index (κ3) is 2.78. The number of pyridine rings is 1. The first-order valence-electron chi connectivity index (χ1n) is 13.4. The number of fused-ring (bicyclic) bond motifs is 8. The number of aromatic nitrogens is 2. The molecule has 1 aliphatic rings. The Labute approximate surface area is 225 Å². The summed E-state index contributed by atoms with van der Waals surface area (Å²) in [5, 5.41) is 7.62. The molecule has 180 valence electrons. The topological polar surface area (TPSA) is 17.8 Å². The number of benzene rings is 6. The number of nitrogens with zero attached hydrogens (tertiary/aromatic N) is 2. The van der Waals surface area contributed by atoms with Gasteiger partial charge in [0.2, 0.25) is 0 Å². The Morgan fingerprint density at radius 1 is 0.436 bits per heavy atom. The van der Waals surface area contributed by atoms with Crippen molar-refractivity contribution in [2.24, 2.45) is 0 Å². The van der Waals surface area contributed by atoms with E-state index in [0.29, 0.717) is 0 Å². The van der Waals surface area contributed by atoms with Crippen molar-refractivity contribution in [3.8, 4) is 39.1 Å². The molecule has 1 aliphatic carbocycles. The van der Waals surface area contributed by atoms with Crippen molar-refractivity contribution in [3.63, 3.8) is 0 Å². The predicted octanol–water partition coefficient (Wildman–Crippen LogP) is 9.80. The average Bonchev–Trinajstić information content (AvgIpc) is 3.52. The van der Waals surface area contributed by atoms with E-state index in [4.69, 9.17) is 0 Å². The van der Waals surface area contributed by atoms with E-state index in [1.807, 2.05) is 12.4 Å². The Bertz CT molecular complexity index is 2240. The largest absolute Gasteiger partial charge is 0.309 e. The molecule has 9 rings (SSSR count). The normalized spacial score (nSPS) is 12.1. The zero-order valence-electron chi connectivity index (χ0n) is 21.1. The Morgan fingerprint density at radius 2 is 1.15 bits per heavy atom. The summed E-state index contributed by atoms with van der Waals surface area (Å²) in [6.45, 7) is 0. The zero-order chi connectivity index (χ0) is 25.5. The first-order chi connectivity index (χ1) is 19.4. The molecule has 0 fully saturated rings. The molecule has 0 saturated carbocycles. The van der Waals surface area contributed by atoms with E-state index in [1.165, 1.54) is 76.7 Å². The minimum Gasteiger partial charge on any atom is -0.309 e. The molecule has 2 heteroatoms. The molecule has 0 amide bonds. The number of hydrogen-bond donors (Lipinski definition) is 0. The number of hydrogen-bond acceptors (Lipinski definition) is 1. The Hall–Kier alpha value is -5.21. The first-order valence-corrected chi connectivity index (χ1v) is 13.4. The second-order valence-electron chi connectivity index (χ2n) is 10.4. The molecular weight excluding hydrogens is 472 g/mol. The van der Waals surface area contributed by atoms with Crippen LogP contribution in [0.3, 0.4) is 0 Å². The highest BCUT2D eigenvalue weighted by atomic mass is 15.0.